The van der Waals surface area contributed by atoms with Crippen molar-refractivity contribution in [3.8, 4) is 0 Å². The molecule has 0 radical (unpaired) electrons. The molecule has 0 aromatic carbocycles. The highest BCUT2D eigenvalue weighted by Crippen LogP contribution is 2.33. The van der Waals surface area contributed by atoms with Crippen molar-refractivity contribution < 1.29 is 4.74 Å². The molecule has 2 fully saturated rings. The van der Waals surface area contributed by atoms with Crippen LogP contribution < -0.4 is 5.32 Å². The maximum absolute atomic E-state index is 5.23. The van der Waals surface area contributed by atoms with E-state index in [1.807, 2.05) is 0 Å². The van der Waals surface area contributed by atoms with Crippen LogP contribution in [0, 0.1) is 0 Å². The molecule has 1 heterocycles. The van der Waals surface area contributed by atoms with Gasteiger partial charge in [0.15, 0.2) is 0 Å². The third-order valence-electron chi connectivity index (χ3n) is 4.35. The normalized spacial score (nSPS) is 30.0. The van der Waals surface area contributed by atoms with E-state index in [0.717, 1.165) is 13.2 Å². The van der Waals surface area contributed by atoms with Crippen LogP contribution in [0.25, 0.3) is 0 Å². The fourth-order valence-corrected chi connectivity index (χ4v) is 3.30. The van der Waals surface area contributed by atoms with Gasteiger partial charge in [0.05, 0.1) is 6.61 Å². The molecule has 2 rings (SSSR count). The zero-order valence-electron chi connectivity index (χ0n) is 10.8. The average Bonchev–Trinajstić information content (AvgIpc) is 2.75. The van der Waals surface area contributed by atoms with Crippen LogP contribution in [0.4, 0.5) is 0 Å². The van der Waals surface area contributed by atoms with E-state index in [2.05, 4.69) is 17.1 Å². The fraction of sp³-hybridized carbons (Fsp3) is 1.00. The van der Waals surface area contributed by atoms with Crippen LogP contribution >= 0.6 is 0 Å². The summed E-state index contributed by atoms with van der Waals surface area (Å²) in [7, 11) is 1.80. The summed E-state index contributed by atoms with van der Waals surface area (Å²) in [6.45, 7) is 6.65. The lowest BCUT2D eigenvalue weighted by Gasteiger charge is -2.46. The number of hydrogen-bond donors (Lipinski definition) is 1. The Kier molecular flexibility index (Phi) is 4.22. The van der Waals surface area contributed by atoms with Crippen molar-refractivity contribution in [3.63, 3.8) is 0 Å². The predicted octanol–water partition coefficient (Wildman–Crippen LogP) is 1.63. The molecule has 2 aliphatic rings. The molecule has 3 nitrogen and oxygen atoms in total. The summed E-state index contributed by atoms with van der Waals surface area (Å²) in [5.41, 5.74) is 0.444. The van der Waals surface area contributed by atoms with Gasteiger partial charge in [0.25, 0.3) is 0 Å². The summed E-state index contributed by atoms with van der Waals surface area (Å²) in [6.07, 6.45) is 6.79. The highest BCUT2D eigenvalue weighted by molar-refractivity contribution is 5.00. The van der Waals surface area contributed by atoms with Crippen molar-refractivity contribution in [1.29, 1.82) is 0 Å². The molecule has 1 spiro atoms. The predicted molar refractivity (Wildman–Crippen MR) is 66.7 cm³/mol. The molecule has 1 unspecified atom stereocenters. The Morgan fingerprint density at radius 2 is 2.12 bits per heavy atom. The van der Waals surface area contributed by atoms with Gasteiger partial charge in [-0.05, 0) is 19.3 Å². The van der Waals surface area contributed by atoms with E-state index < -0.39 is 0 Å². The van der Waals surface area contributed by atoms with E-state index in [9.17, 15) is 0 Å². The standard InChI is InChI=1S/C13H26N2O/c1-3-12-10-14-13(6-4-5-7-13)11-15(12)8-9-16-2/h12,14H,3-11H2,1-2H3. The first kappa shape index (κ1) is 12.3. The van der Waals surface area contributed by atoms with Gasteiger partial charge in [0.1, 0.15) is 0 Å². The largest absolute Gasteiger partial charge is 0.383 e. The van der Waals surface area contributed by atoms with Gasteiger partial charge < -0.3 is 10.1 Å². The van der Waals surface area contributed by atoms with E-state index in [-0.39, 0.29) is 0 Å². The van der Waals surface area contributed by atoms with Gasteiger partial charge in [-0.1, -0.05) is 19.8 Å². The molecule has 1 aliphatic heterocycles. The molecule has 3 heteroatoms. The van der Waals surface area contributed by atoms with Crippen LogP contribution in [0.15, 0.2) is 0 Å². The van der Waals surface area contributed by atoms with Crippen molar-refractivity contribution in [2.24, 2.45) is 0 Å². The number of ether oxygens (including phenoxy) is 1. The third-order valence-corrected chi connectivity index (χ3v) is 4.35. The van der Waals surface area contributed by atoms with Gasteiger partial charge >= 0.3 is 0 Å². The van der Waals surface area contributed by atoms with E-state index >= 15 is 0 Å². The summed E-state index contributed by atoms with van der Waals surface area (Å²) in [5.74, 6) is 0. The van der Waals surface area contributed by atoms with Gasteiger partial charge in [-0.2, -0.15) is 0 Å². The van der Waals surface area contributed by atoms with E-state index in [1.54, 1.807) is 7.11 Å². The van der Waals surface area contributed by atoms with Crippen LogP contribution in [0.1, 0.15) is 39.0 Å². The van der Waals surface area contributed by atoms with Gasteiger partial charge in [-0.25, -0.2) is 0 Å². The Morgan fingerprint density at radius 3 is 2.75 bits per heavy atom. The SMILES string of the molecule is CCC1CNC2(CCCC2)CN1CCOC. The topological polar surface area (TPSA) is 24.5 Å². The fourth-order valence-electron chi connectivity index (χ4n) is 3.30. The number of nitrogens with zero attached hydrogens (tertiary/aromatic N) is 1. The molecule has 1 N–H and O–H groups in total. The van der Waals surface area contributed by atoms with E-state index in [4.69, 9.17) is 4.74 Å². The van der Waals surface area contributed by atoms with Gasteiger partial charge in [0.2, 0.25) is 0 Å². The molecular weight excluding hydrogens is 200 g/mol. The summed E-state index contributed by atoms with van der Waals surface area (Å²) < 4.78 is 5.23. The molecule has 0 aromatic heterocycles. The molecule has 1 saturated heterocycles. The monoisotopic (exact) mass is 226 g/mol. The smallest absolute Gasteiger partial charge is 0.0589 e. The lowest BCUT2D eigenvalue weighted by Crippen LogP contribution is -2.63. The van der Waals surface area contributed by atoms with Crippen LogP contribution in [0.2, 0.25) is 0 Å². The molecule has 1 saturated carbocycles. The molecule has 94 valence electrons. The minimum absolute atomic E-state index is 0.444. The second-order valence-corrected chi connectivity index (χ2v) is 5.39. The number of hydrogen-bond acceptors (Lipinski definition) is 3. The second kappa shape index (κ2) is 5.48. The van der Waals surface area contributed by atoms with Crippen LogP contribution in [-0.2, 0) is 4.74 Å². The second-order valence-electron chi connectivity index (χ2n) is 5.39. The quantitative estimate of drug-likeness (QED) is 0.788. The maximum Gasteiger partial charge on any atom is 0.0589 e. The average molecular weight is 226 g/mol. The van der Waals surface area contributed by atoms with Gasteiger partial charge in [0, 0.05) is 38.3 Å². The highest BCUT2D eigenvalue weighted by Gasteiger charge is 2.40. The Hall–Kier alpha value is -0.120. The first-order valence-corrected chi connectivity index (χ1v) is 6.78. The summed E-state index contributed by atoms with van der Waals surface area (Å²) in [4.78, 5) is 2.64. The zero-order valence-corrected chi connectivity index (χ0v) is 10.8. The molecule has 0 amide bonds. The Balaban J connectivity index is 1.94. The molecule has 0 aromatic rings. The highest BCUT2D eigenvalue weighted by atomic mass is 16.5. The first-order chi connectivity index (χ1) is 7.79. The van der Waals surface area contributed by atoms with Gasteiger partial charge in [-0.15, -0.1) is 0 Å². The number of nitrogens with one attached hydrogen (secondary N) is 1. The van der Waals surface area contributed by atoms with Crippen LogP contribution in [-0.4, -0.2) is 49.8 Å². The van der Waals surface area contributed by atoms with Crippen molar-refractivity contribution >= 4 is 0 Å². The molecule has 1 aliphatic carbocycles. The molecule has 0 bridgehead atoms. The number of rotatable bonds is 4. The van der Waals surface area contributed by atoms with Crippen LogP contribution in [0.5, 0.6) is 0 Å². The maximum atomic E-state index is 5.23. The van der Waals surface area contributed by atoms with Crippen molar-refractivity contribution in [2.45, 2.75) is 50.6 Å². The van der Waals surface area contributed by atoms with E-state index in [1.165, 1.54) is 45.2 Å². The Bertz CT molecular complexity index is 214. The summed E-state index contributed by atoms with van der Waals surface area (Å²) in [5, 5.41) is 3.82. The molecule has 1 atom stereocenters. The van der Waals surface area contributed by atoms with Gasteiger partial charge in [-0.3, -0.25) is 4.90 Å². The lowest BCUT2D eigenvalue weighted by atomic mass is 9.92. The number of methoxy groups -OCH3 is 1. The van der Waals surface area contributed by atoms with E-state index in [0.29, 0.717) is 11.6 Å². The minimum atomic E-state index is 0.444. The van der Waals surface area contributed by atoms with Crippen molar-refractivity contribution in [1.82, 2.24) is 10.2 Å². The van der Waals surface area contributed by atoms with Crippen LogP contribution in [0.3, 0.4) is 0 Å². The zero-order chi connectivity index (χ0) is 11.4. The van der Waals surface area contributed by atoms with Crippen molar-refractivity contribution in [2.75, 3.05) is 33.4 Å². The minimum Gasteiger partial charge on any atom is -0.383 e. The van der Waals surface area contributed by atoms with Crippen molar-refractivity contribution in [3.05, 3.63) is 0 Å². The Labute approximate surface area is 99.5 Å². The first-order valence-electron chi connectivity index (χ1n) is 6.78. The number of piperazine rings is 1. The lowest BCUT2D eigenvalue weighted by molar-refractivity contribution is 0.0527. The molecular formula is C13H26N2O. The Morgan fingerprint density at radius 1 is 1.38 bits per heavy atom. The summed E-state index contributed by atoms with van der Waals surface area (Å²) in [6, 6.07) is 0.710. The third kappa shape index (κ3) is 2.58. The summed E-state index contributed by atoms with van der Waals surface area (Å²) >= 11 is 0. The molecule has 16 heavy (non-hydrogen) atoms.